The summed E-state index contributed by atoms with van der Waals surface area (Å²) in [5, 5.41) is -0.819. The maximum atomic E-state index is 11.9. The molecule has 2 aliphatic rings. The van der Waals surface area contributed by atoms with Crippen molar-refractivity contribution in [3.63, 3.8) is 0 Å². The molecule has 15 heavy (non-hydrogen) atoms. The second kappa shape index (κ2) is 3.69. The van der Waals surface area contributed by atoms with Crippen molar-refractivity contribution in [3.8, 4) is 0 Å². The predicted molar refractivity (Wildman–Crippen MR) is 53.3 cm³/mol. The number of hydrogen-bond acceptors (Lipinski definition) is 5. The molecule has 0 N–H and O–H groups in total. The number of sulfonamides is 1. The second-order valence-electron chi connectivity index (χ2n) is 3.78. The molecule has 0 bridgehead atoms. The summed E-state index contributed by atoms with van der Waals surface area (Å²) in [5.41, 5.74) is 0. The smallest absolute Gasteiger partial charge is 0.239 e. The number of nitrogens with zero attached hydrogens (tertiary/aromatic N) is 1. The number of hydroxylamine groups is 1. The van der Waals surface area contributed by atoms with Crippen LogP contribution in [0, 0.1) is 0 Å². The average molecular weight is 255 g/mol. The standard InChI is InChI=1S/C7H13NO5S2/c9-14(10)5-2-7(6-14)15(11,12)8-3-1-4-13-8/h7H,1-6H2. The third-order valence-electron chi connectivity index (χ3n) is 2.62. The lowest BCUT2D eigenvalue weighted by Crippen LogP contribution is -2.36. The molecule has 2 saturated heterocycles. The number of rotatable bonds is 2. The zero-order chi connectivity index (χ0) is 11.1. The molecule has 0 aromatic carbocycles. The van der Waals surface area contributed by atoms with Gasteiger partial charge in [-0.05, 0) is 12.8 Å². The van der Waals surface area contributed by atoms with Gasteiger partial charge in [-0.1, -0.05) is 4.47 Å². The van der Waals surface area contributed by atoms with E-state index in [0.29, 0.717) is 19.6 Å². The minimum atomic E-state index is -3.58. The van der Waals surface area contributed by atoms with Crippen molar-refractivity contribution in [2.75, 3.05) is 24.7 Å². The molecule has 8 heteroatoms. The molecule has 0 aliphatic carbocycles. The summed E-state index contributed by atoms with van der Waals surface area (Å²) in [6.07, 6.45) is 0.850. The van der Waals surface area contributed by atoms with Crippen molar-refractivity contribution in [2.24, 2.45) is 0 Å². The Morgan fingerprint density at radius 2 is 2.07 bits per heavy atom. The van der Waals surface area contributed by atoms with Crippen molar-refractivity contribution >= 4 is 19.9 Å². The minimum absolute atomic E-state index is 0.0370. The van der Waals surface area contributed by atoms with Crippen molar-refractivity contribution in [3.05, 3.63) is 0 Å². The monoisotopic (exact) mass is 255 g/mol. The van der Waals surface area contributed by atoms with E-state index >= 15 is 0 Å². The SMILES string of the molecule is O=S1(=O)CCC(S(=O)(=O)N2CCCO2)C1. The molecular weight excluding hydrogens is 242 g/mol. The molecule has 2 fully saturated rings. The molecule has 0 aromatic heterocycles. The Hall–Kier alpha value is -0.180. The van der Waals surface area contributed by atoms with E-state index in [4.69, 9.17) is 4.84 Å². The minimum Gasteiger partial charge on any atom is -0.284 e. The normalized spacial score (nSPS) is 32.1. The highest BCUT2D eigenvalue weighted by Crippen LogP contribution is 2.24. The Morgan fingerprint density at radius 1 is 1.33 bits per heavy atom. The molecule has 0 amide bonds. The van der Waals surface area contributed by atoms with Crippen molar-refractivity contribution in [2.45, 2.75) is 18.1 Å². The fraction of sp³-hybridized carbons (Fsp3) is 1.00. The quantitative estimate of drug-likeness (QED) is 0.641. The highest BCUT2D eigenvalue weighted by Gasteiger charge is 2.41. The topological polar surface area (TPSA) is 80.8 Å². The van der Waals surface area contributed by atoms with Gasteiger partial charge in [0.15, 0.2) is 9.84 Å². The van der Waals surface area contributed by atoms with Gasteiger partial charge >= 0.3 is 0 Å². The second-order valence-corrected chi connectivity index (χ2v) is 8.12. The van der Waals surface area contributed by atoms with Gasteiger partial charge in [-0.25, -0.2) is 16.8 Å². The first-order chi connectivity index (χ1) is 6.92. The van der Waals surface area contributed by atoms with Gasteiger partial charge in [-0.3, -0.25) is 4.84 Å². The molecule has 6 nitrogen and oxygen atoms in total. The van der Waals surface area contributed by atoms with Gasteiger partial charge in [0.2, 0.25) is 10.0 Å². The molecule has 1 atom stereocenters. The third kappa shape index (κ3) is 2.17. The summed E-state index contributed by atoms with van der Waals surface area (Å²) in [7, 11) is -6.75. The van der Waals surface area contributed by atoms with Gasteiger partial charge in [-0.2, -0.15) is 0 Å². The van der Waals surface area contributed by atoms with Crippen LogP contribution in [0.1, 0.15) is 12.8 Å². The summed E-state index contributed by atoms with van der Waals surface area (Å²) in [4.78, 5) is 4.95. The van der Waals surface area contributed by atoms with Gasteiger partial charge in [0.25, 0.3) is 0 Å². The molecular formula is C7H13NO5S2. The molecule has 0 saturated carbocycles. The van der Waals surface area contributed by atoms with E-state index in [1.807, 2.05) is 0 Å². The first-order valence-electron chi connectivity index (χ1n) is 4.77. The molecule has 0 radical (unpaired) electrons. The van der Waals surface area contributed by atoms with E-state index in [1.54, 1.807) is 0 Å². The van der Waals surface area contributed by atoms with Crippen LogP contribution in [0.5, 0.6) is 0 Å². The van der Waals surface area contributed by atoms with E-state index in [-0.39, 0.29) is 17.9 Å². The molecule has 2 heterocycles. The van der Waals surface area contributed by atoms with Crippen LogP contribution in [0.15, 0.2) is 0 Å². The van der Waals surface area contributed by atoms with E-state index in [9.17, 15) is 16.8 Å². The van der Waals surface area contributed by atoms with Crippen LogP contribution in [0.4, 0.5) is 0 Å². The lowest BCUT2D eigenvalue weighted by atomic mass is 10.4. The molecule has 2 rings (SSSR count). The van der Waals surface area contributed by atoms with Gasteiger partial charge in [0, 0.05) is 6.54 Å². The molecule has 2 aliphatic heterocycles. The van der Waals surface area contributed by atoms with Gasteiger partial charge in [0.1, 0.15) is 0 Å². The highest BCUT2D eigenvalue weighted by molar-refractivity contribution is 7.95. The van der Waals surface area contributed by atoms with Gasteiger partial charge in [0.05, 0.1) is 23.4 Å². The summed E-state index contributed by atoms with van der Waals surface area (Å²) in [5.74, 6) is -0.306. The first-order valence-corrected chi connectivity index (χ1v) is 8.09. The van der Waals surface area contributed by atoms with Crippen LogP contribution in [0.25, 0.3) is 0 Å². The zero-order valence-electron chi connectivity index (χ0n) is 8.12. The Bertz CT molecular complexity index is 434. The van der Waals surface area contributed by atoms with Crippen LogP contribution >= 0.6 is 0 Å². The van der Waals surface area contributed by atoms with Crippen LogP contribution in [0.3, 0.4) is 0 Å². The van der Waals surface area contributed by atoms with Crippen molar-refractivity contribution in [1.29, 1.82) is 0 Å². The Labute approximate surface area is 89.1 Å². The van der Waals surface area contributed by atoms with Crippen LogP contribution < -0.4 is 0 Å². The number of hydrogen-bond donors (Lipinski definition) is 0. The van der Waals surface area contributed by atoms with Crippen LogP contribution in [-0.2, 0) is 24.7 Å². The molecule has 0 aromatic rings. The lowest BCUT2D eigenvalue weighted by molar-refractivity contribution is -0.0291. The van der Waals surface area contributed by atoms with Gasteiger partial charge in [-0.15, -0.1) is 0 Å². The maximum Gasteiger partial charge on any atom is 0.239 e. The summed E-state index contributed by atoms with van der Waals surface area (Å²) < 4.78 is 47.0. The van der Waals surface area contributed by atoms with Crippen molar-refractivity contribution in [1.82, 2.24) is 4.47 Å². The van der Waals surface area contributed by atoms with Crippen LogP contribution in [0.2, 0.25) is 0 Å². The Morgan fingerprint density at radius 3 is 2.53 bits per heavy atom. The van der Waals surface area contributed by atoms with Crippen LogP contribution in [-0.4, -0.2) is 51.2 Å². The largest absolute Gasteiger partial charge is 0.284 e. The Balaban J connectivity index is 2.17. The van der Waals surface area contributed by atoms with E-state index < -0.39 is 25.1 Å². The molecule has 1 unspecified atom stereocenters. The third-order valence-corrected chi connectivity index (χ3v) is 6.70. The fourth-order valence-electron chi connectivity index (χ4n) is 1.79. The zero-order valence-corrected chi connectivity index (χ0v) is 9.76. The summed E-state index contributed by atoms with van der Waals surface area (Å²) >= 11 is 0. The summed E-state index contributed by atoms with van der Waals surface area (Å²) in [6.45, 7) is 0.720. The predicted octanol–water partition coefficient (Wildman–Crippen LogP) is -0.859. The van der Waals surface area contributed by atoms with E-state index in [0.717, 1.165) is 4.47 Å². The van der Waals surface area contributed by atoms with E-state index in [1.165, 1.54) is 0 Å². The first kappa shape index (κ1) is 11.3. The lowest BCUT2D eigenvalue weighted by Gasteiger charge is -2.17. The fourth-order valence-corrected chi connectivity index (χ4v) is 6.14. The number of sulfone groups is 1. The van der Waals surface area contributed by atoms with Gasteiger partial charge < -0.3 is 0 Å². The Kier molecular flexibility index (Phi) is 2.78. The van der Waals surface area contributed by atoms with E-state index in [2.05, 4.69) is 0 Å². The average Bonchev–Trinajstić information content (AvgIpc) is 2.72. The molecule has 0 spiro atoms. The highest BCUT2D eigenvalue weighted by atomic mass is 32.2. The van der Waals surface area contributed by atoms with Crippen molar-refractivity contribution < 1.29 is 21.7 Å². The maximum absolute atomic E-state index is 11.9. The molecule has 88 valence electrons. The summed E-state index contributed by atoms with van der Waals surface area (Å²) in [6, 6.07) is 0.